The van der Waals surface area contributed by atoms with Gasteiger partial charge in [0.2, 0.25) is 0 Å². The zero-order chi connectivity index (χ0) is 11.4. The summed E-state index contributed by atoms with van der Waals surface area (Å²) < 4.78 is 8.89. The molecule has 0 radical (unpaired) electrons. The maximum absolute atomic E-state index is 11.1. The van der Waals surface area contributed by atoms with Gasteiger partial charge in [-0.25, -0.2) is 4.79 Å². The van der Waals surface area contributed by atoms with Gasteiger partial charge in [-0.05, 0) is 12.1 Å². The molecule has 0 bridgehead atoms. The number of carbonyl (C=O) groups is 1. The lowest BCUT2D eigenvalue weighted by Gasteiger charge is -2.07. The van der Waals surface area contributed by atoms with E-state index >= 15 is 0 Å². The number of hydrogen-bond acceptors (Lipinski definition) is 6. The minimum absolute atomic E-state index is 0.0492. The normalized spacial score (nSPS) is 9.53. The van der Waals surface area contributed by atoms with E-state index < -0.39 is 13.3 Å². The van der Waals surface area contributed by atoms with Gasteiger partial charge in [-0.1, -0.05) is 0 Å². The summed E-state index contributed by atoms with van der Waals surface area (Å²) in [5, 5.41) is 26.2. The Kier molecular flexibility index (Phi) is 3.54. The van der Waals surface area contributed by atoms with Gasteiger partial charge in [-0.2, -0.15) is 0 Å². The van der Waals surface area contributed by atoms with Crippen LogP contribution in [0.4, 0.5) is 0 Å². The van der Waals surface area contributed by atoms with Crippen LogP contribution >= 0.6 is 0 Å². The number of hydrogen-bond donors (Lipinski definition) is 3. The quantitative estimate of drug-likeness (QED) is 0.462. The number of aromatic hydroxyl groups is 1. The standard InChI is InChI=1S/C8H9BO6/c1-14-8(11)5-2-6(10)4-7(3-5)15-9(12)13/h2-4,10,12-13H,1H3. The molecule has 0 aliphatic carbocycles. The topological polar surface area (TPSA) is 96.2 Å². The van der Waals surface area contributed by atoms with Crippen LogP contribution in [0.25, 0.3) is 0 Å². The van der Waals surface area contributed by atoms with Crippen molar-refractivity contribution in [3.05, 3.63) is 23.8 Å². The number of rotatable bonds is 3. The molecule has 1 rings (SSSR count). The van der Waals surface area contributed by atoms with Crippen LogP contribution in [0.3, 0.4) is 0 Å². The van der Waals surface area contributed by atoms with E-state index in [0.29, 0.717) is 0 Å². The molecule has 0 aromatic heterocycles. The van der Waals surface area contributed by atoms with Crippen LogP contribution in [0, 0.1) is 0 Å². The largest absolute Gasteiger partial charge is 0.707 e. The van der Waals surface area contributed by atoms with E-state index in [1.54, 1.807) is 0 Å². The molecule has 0 fully saturated rings. The van der Waals surface area contributed by atoms with E-state index in [9.17, 15) is 9.90 Å². The molecule has 0 spiro atoms. The lowest BCUT2D eigenvalue weighted by Crippen LogP contribution is -2.20. The first-order valence-corrected chi connectivity index (χ1v) is 3.98. The average molecular weight is 212 g/mol. The number of carbonyl (C=O) groups excluding carboxylic acids is 1. The van der Waals surface area contributed by atoms with Crippen molar-refractivity contribution in [2.75, 3.05) is 7.11 Å². The summed E-state index contributed by atoms with van der Waals surface area (Å²) in [6.07, 6.45) is 0. The van der Waals surface area contributed by atoms with Crippen molar-refractivity contribution in [1.82, 2.24) is 0 Å². The lowest BCUT2D eigenvalue weighted by molar-refractivity contribution is 0.0599. The highest BCUT2D eigenvalue weighted by Gasteiger charge is 2.14. The number of ether oxygens (including phenoxy) is 1. The molecular weight excluding hydrogens is 203 g/mol. The van der Waals surface area contributed by atoms with E-state index in [-0.39, 0.29) is 17.1 Å². The number of esters is 1. The van der Waals surface area contributed by atoms with Gasteiger partial charge in [0, 0.05) is 6.07 Å². The Morgan fingerprint density at radius 1 is 1.33 bits per heavy atom. The third kappa shape index (κ3) is 3.15. The maximum atomic E-state index is 11.1. The number of phenols is 1. The summed E-state index contributed by atoms with van der Waals surface area (Å²) in [5.74, 6) is -0.956. The lowest BCUT2D eigenvalue weighted by atomic mass is 10.2. The first-order valence-electron chi connectivity index (χ1n) is 3.98. The zero-order valence-electron chi connectivity index (χ0n) is 7.88. The summed E-state index contributed by atoms with van der Waals surface area (Å²) in [4.78, 5) is 11.1. The van der Waals surface area contributed by atoms with Crippen molar-refractivity contribution >= 4 is 13.3 Å². The highest BCUT2D eigenvalue weighted by Crippen LogP contribution is 2.22. The molecule has 3 N–H and O–H groups in total. The molecule has 0 saturated heterocycles. The molecule has 1 aromatic carbocycles. The molecule has 0 amide bonds. The Balaban J connectivity index is 2.99. The van der Waals surface area contributed by atoms with Crippen LogP contribution in [0.1, 0.15) is 10.4 Å². The SMILES string of the molecule is COC(=O)c1cc(O)cc(OB(O)O)c1. The van der Waals surface area contributed by atoms with E-state index in [1.165, 1.54) is 19.2 Å². The van der Waals surface area contributed by atoms with Gasteiger partial charge in [0.05, 0.1) is 12.7 Å². The summed E-state index contributed by atoms with van der Waals surface area (Å²) in [6.45, 7) is 0. The average Bonchev–Trinajstić information content (AvgIpc) is 2.14. The molecule has 7 heteroatoms. The molecule has 0 unspecified atom stereocenters. The molecule has 0 aliphatic rings. The van der Waals surface area contributed by atoms with Crippen molar-refractivity contribution < 1.29 is 29.3 Å². The van der Waals surface area contributed by atoms with Crippen LogP contribution in [0.5, 0.6) is 11.5 Å². The molecule has 0 aliphatic heterocycles. The zero-order valence-corrected chi connectivity index (χ0v) is 7.88. The van der Waals surface area contributed by atoms with E-state index in [2.05, 4.69) is 9.39 Å². The van der Waals surface area contributed by atoms with Gasteiger partial charge < -0.3 is 24.5 Å². The van der Waals surface area contributed by atoms with Crippen LogP contribution in [-0.4, -0.2) is 35.6 Å². The van der Waals surface area contributed by atoms with Gasteiger partial charge in [0.25, 0.3) is 0 Å². The Hall–Kier alpha value is -1.73. The van der Waals surface area contributed by atoms with Gasteiger partial charge in [-0.15, -0.1) is 0 Å². The molecule has 80 valence electrons. The Bertz CT molecular complexity index is 364. The number of benzene rings is 1. The van der Waals surface area contributed by atoms with Crippen LogP contribution in [0.15, 0.2) is 18.2 Å². The molecule has 6 nitrogen and oxygen atoms in total. The van der Waals surface area contributed by atoms with Crippen molar-refractivity contribution in [2.45, 2.75) is 0 Å². The fourth-order valence-corrected chi connectivity index (χ4v) is 1.01. The van der Waals surface area contributed by atoms with Gasteiger partial charge in [0.15, 0.2) is 0 Å². The van der Waals surface area contributed by atoms with E-state index in [4.69, 9.17) is 10.0 Å². The van der Waals surface area contributed by atoms with Crippen LogP contribution < -0.4 is 4.65 Å². The van der Waals surface area contributed by atoms with Crippen molar-refractivity contribution in [1.29, 1.82) is 0 Å². The van der Waals surface area contributed by atoms with E-state index in [1.807, 2.05) is 0 Å². The van der Waals surface area contributed by atoms with Gasteiger partial charge in [-0.3, -0.25) is 0 Å². The Morgan fingerprint density at radius 2 is 2.00 bits per heavy atom. The monoisotopic (exact) mass is 212 g/mol. The van der Waals surface area contributed by atoms with E-state index in [0.717, 1.165) is 6.07 Å². The smallest absolute Gasteiger partial charge is 0.512 e. The number of methoxy groups -OCH3 is 1. The Morgan fingerprint density at radius 3 is 2.53 bits per heavy atom. The summed E-state index contributed by atoms with van der Waals surface area (Å²) in [7, 11) is -0.828. The number of phenolic OH excluding ortho intramolecular Hbond substituents is 1. The highest BCUT2D eigenvalue weighted by atomic mass is 16.6. The van der Waals surface area contributed by atoms with Crippen molar-refractivity contribution in [2.24, 2.45) is 0 Å². The first kappa shape index (κ1) is 11.4. The predicted molar refractivity (Wildman–Crippen MR) is 50.3 cm³/mol. The summed E-state index contributed by atoms with van der Waals surface area (Å²) in [5.41, 5.74) is 0.0492. The van der Waals surface area contributed by atoms with Gasteiger partial charge in [0.1, 0.15) is 11.5 Å². The molecule has 15 heavy (non-hydrogen) atoms. The second kappa shape index (κ2) is 4.67. The van der Waals surface area contributed by atoms with Gasteiger partial charge >= 0.3 is 13.3 Å². The summed E-state index contributed by atoms with van der Waals surface area (Å²) in [6, 6.07) is 3.51. The van der Waals surface area contributed by atoms with Crippen molar-refractivity contribution in [3.63, 3.8) is 0 Å². The summed E-state index contributed by atoms with van der Waals surface area (Å²) >= 11 is 0. The second-order valence-electron chi connectivity index (χ2n) is 2.65. The highest BCUT2D eigenvalue weighted by molar-refractivity contribution is 6.33. The van der Waals surface area contributed by atoms with Crippen molar-refractivity contribution in [3.8, 4) is 11.5 Å². The fraction of sp³-hybridized carbons (Fsp3) is 0.125. The van der Waals surface area contributed by atoms with Crippen LogP contribution in [-0.2, 0) is 4.74 Å². The third-order valence-electron chi connectivity index (χ3n) is 1.55. The first-order chi connectivity index (χ1) is 7.02. The minimum atomic E-state index is -2.02. The molecular formula is C8H9BO6. The molecule has 0 heterocycles. The Labute approximate surface area is 85.9 Å². The maximum Gasteiger partial charge on any atom is 0.707 e. The van der Waals surface area contributed by atoms with Crippen LogP contribution in [0.2, 0.25) is 0 Å². The molecule has 1 aromatic rings. The fourth-order valence-electron chi connectivity index (χ4n) is 1.01. The minimum Gasteiger partial charge on any atom is -0.512 e. The molecule has 0 atom stereocenters. The second-order valence-corrected chi connectivity index (χ2v) is 2.65. The molecule has 0 saturated carbocycles. The third-order valence-corrected chi connectivity index (χ3v) is 1.55. The predicted octanol–water partition coefficient (Wildman–Crippen LogP) is -0.473.